The van der Waals surface area contributed by atoms with E-state index in [4.69, 9.17) is 4.42 Å². The van der Waals surface area contributed by atoms with Crippen molar-refractivity contribution in [2.45, 2.75) is 27.2 Å². The molecule has 1 aromatic rings. The van der Waals surface area contributed by atoms with Crippen molar-refractivity contribution < 1.29 is 4.42 Å². The second-order valence-corrected chi connectivity index (χ2v) is 3.03. The Balaban J connectivity index is 2.82. The van der Waals surface area contributed by atoms with Crippen molar-refractivity contribution in [2.24, 2.45) is 0 Å². The van der Waals surface area contributed by atoms with Gasteiger partial charge in [0.05, 0.1) is 6.26 Å². The summed E-state index contributed by atoms with van der Waals surface area (Å²) in [6, 6.07) is 2.09. The predicted molar refractivity (Wildman–Crippen MR) is 56.6 cm³/mol. The molecule has 0 atom stereocenters. The molecule has 0 bridgehead atoms. The molecule has 1 rings (SSSR count). The summed E-state index contributed by atoms with van der Waals surface area (Å²) in [4.78, 5) is 0. The van der Waals surface area contributed by atoms with Crippen LogP contribution in [-0.4, -0.2) is 0 Å². The van der Waals surface area contributed by atoms with Crippen molar-refractivity contribution in [3.05, 3.63) is 41.9 Å². The van der Waals surface area contributed by atoms with Gasteiger partial charge in [-0.15, -0.1) is 0 Å². The molecular formula is C12H16O. The van der Waals surface area contributed by atoms with Gasteiger partial charge in [0.1, 0.15) is 5.76 Å². The summed E-state index contributed by atoms with van der Waals surface area (Å²) in [6.45, 7) is 6.19. The fourth-order valence-electron chi connectivity index (χ4n) is 1.11. The molecule has 0 saturated heterocycles. The Kier molecular flexibility index (Phi) is 3.56. The summed E-state index contributed by atoms with van der Waals surface area (Å²) in [6.07, 6.45) is 8.91. The van der Waals surface area contributed by atoms with Crippen molar-refractivity contribution in [3.8, 4) is 0 Å². The number of aryl methyl sites for hydroxylation is 1. The van der Waals surface area contributed by atoms with Crippen LogP contribution >= 0.6 is 0 Å². The average molecular weight is 176 g/mol. The highest BCUT2D eigenvalue weighted by atomic mass is 16.3. The lowest BCUT2D eigenvalue weighted by Crippen LogP contribution is -1.73. The quantitative estimate of drug-likeness (QED) is 0.638. The SMILES string of the molecule is C/C=C\C=C(/C)c1coc(CC)c1. The molecule has 0 aliphatic heterocycles. The molecule has 0 aliphatic rings. The van der Waals surface area contributed by atoms with Crippen LogP contribution in [0.25, 0.3) is 5.57 Å². The zero-order valence-electron chi connectivity index (χ0n) is 8.50. The van der Waals surface area contributed by atoms with Crippen LogP contribution in [0.5, 0.6) is 0 Å². The van der Waals surface area contributed by atoms with Crippen LogP contribution in [0, 0.1) is 0 Å². The van der Waals surface area contributed by atoms with Crippen molar-refractivity contribution in [3.63, 3.8) is 0 Å². The smallest absolute Gasteiger partial charge is 0.104 e. The third-order valence-corrected chi connectivity index (χ3v) is 2.00. The lowest BCUT2D eigenvalue weighted by Gasteiger charge is -1.91. The maximum Gasteiger partial charge on any atom is 0.104 e. The molecule has 0 radical (unpaired) electrons. The zero-order valence-corrected chi connectivity index (χ0v) is 8.50. The molecule has 0 amide bonds. The highest BCUT2D eigenvalue weighted by molar-refractivity contribution is 5.64. The zero-order chi connectivity index (χ0) is 9.68. The van der Waals surface area contributed by atoms with Crippen molar-refractivity contribution >= 4 is 5.57 Å². The third kappa shape index (κ3) is 2.62. The molecule has 0 aliphatic carbocycles. The number of allylic oxidation sites excluding steroid dienone is 4. The van der Waals surface area contributed by atoms with E-state index in [-0.39, 0.29) is 0 Å². The van der Waals surface area contributed by atoms with Gasteiger partial charge in [0, 0.05) is 12.0 Å². The summed E-state index contributed by atoms with van der Waals surface area (Å²) in [5.41, 5.74) is 2.41. The van der Waals surface area contributed by atoms with E-state index in [9.17, 15) is 0 Å². The predicted octanol–water partition coefficient (Wildman–Crippen LogP) is 3.82. The van der Waals surface area contributed by atoms with Gasteiger partial charge < -0.3 is 4.42 Å². The maximum absolute atomic E-state index is 5.35. The lowest BCUT2D eigenvalue weighted by molar-refractivity contribution is 0.515. The van der Waals surface area contributed by atoms with Gasteiger partial charge in [-0.25, -0.2) is 0 Å². The standard InChI is InChI=1S/C12H16O/c1-4-6-7-10(3)11-8-12(5-2)13-9-11/h4,6-9H,5H2,1-3H3/b6-4-,10-7+. The molecule has 0 spiro atoms. The summed E-state index contributed by atoms with van der Waals surface area (Å²) < 4.78 is 5.35. The van der Waals surface area contributed by atoms with Gasteiger partial charge in [-0.1, -0.05) is 25.2 Å². The minimum Gasteiger partial charge on any atom is -0.469 e. The topological polar surface area (TPSA) is 13.1 Å². The normalized spacial score (nSPS) is 12.7. The summed E-state index contributed by atoms with van der Waals surface area (Å²) in [7, 11) is 0. The highest BCUT2D eigenvalue weighted by Crippen LogP contribution is 2.17. The van der Waals surface area contributed by atoms with Gasteiger partial charge in [-0.2, -0.15) is 0 Å². The molecule has 1 heteroatoms. The van der Waals surface area contributed by atoms with E-state index in [1.807, 2.05) is 25.3 Å². The van der Waals surface area contributed by atoms with Crippen molar-refractivity contribution in [2.75, 3.05) is 0 Å². The monoisotopic (exact) mass is 176 g/mol. The van der Waals surface area contributed by atoms with E-state index in [1.165, 1.54) is 11.1 Å². The Morgan fingerprint density at radius 3 is 2.85 bits per heavy atom. The first-order valence-electron chi connectivity index (χ1n) is 4.65. The summed E-state index contributed by atoms with van der Waals surface area (Å²) in [5.74, 6) is 1.04. The Labute approximate surface area is 79.8 Å². The summed E-state index contributed by atoms with van der Waals surface area (Å²) >= 11 is 0. The number of rotatable bonds is 3. The summed E-state index contributed by atoms with van der Waals surface area (Å²) in [5, 5.41) is 0. The number of hydrogen-bond donors (Lipinski definition) is 0. The number of furan rings is 1. The van der Waals surface area contributed by atoms with Gasteiger partial charge in [0.15, 0.2) is 0 Å². The minimum absolute atomic E-state index is 0.955. The van der Waals surface area contributed by atoms with Gasteiger partial charge in [0.25, 0.3) is 0 Å². The van der Waals surface area contributed by atoms with Crippen LogP contribution in [-0.2, 0) is 6.42 Å². The molecular weight excluding hydrogens is 160 g/mol. The number of hydrogen-bond acceptors (Lipinski definition) is 1. The highest BCUT2D eigenvalue weighted by Gasteiger charge is 1.99. The Morgan fingerprint density at radius 2 is 2.31 bits per heavy atom. The van der Waals surface area contributed by atoms with Gasteiger partial charge in [-0.3, -0.25) is 0 Å². The van der Waals surface area contributed by atoms with Crippen LogP contribution in [0.3, 0.4) is 0 Å². The molecule has 0 N–H and O–H groups in total. The molecule has 13 heavy (non-hydrogen) atoms. The van der Waals surface area contributed by atoms with Gasteiger partial charge in [-0.05, 0) is 25.5 Å². The van der Waals surface area contributed by atoms with Crippen LogP contribution < -0.4 is 0 Å². The van der Waals surface area contributed by atoms with Crippen molar-refractivity contribution in [1.82, 2.24) is 0 Å². The Hall–Kier alpha value is -1.24. The molecule has 1 heterocycles. The van der Waals surface area contributed by atoms with Crippen LogP contribution in [0.4, 0.5) is 0 Å². The Bertz CT molecular complexity index is 316. The molecule has 0 aromatic carbocycles. The first-order chi connectivity index (χ1) is 6.27. The lowest BCUT2D eigenvalue weighted by atomic mass is 10.1. The first kappa shape index (κ1) is 9.85. The van der Waals surface area contributed by atoms with E-state index in [0.29, 0.717) is 0 Å². The van der Waals surface area contributed by atoms with E-state index < -0.39 is 0 Å². The Morgan fingerprint density at radius 1 is 1.54 bits per heavy atom. The largest absolute Gasteiger partial charge is 0.469 e. The molecule has 0 fully saturated rings. The van der Waals surface area contributed by atoms with Crippen LogP contribution in [0.15, 0.2) is 35.0 Å². The molecule has 1 nitrogen and oxygen atoms in total. The second kappa shape index (κ2) is 4.70. The van der Waals surface area contributed by atoms with Crippen LogP contribution in [0.1, 0.15) is 32.1 Å². The van der Waals surface area contributed by atoms with E-state index in [0.717, 1.165) is 12.2 Å². The maximum atomic E-state index is 5.35. The van der Waals surface area contributed by atoms with Crippen LogP contribution in [0.2, 0.25) is 0 Å². The fraction of sp³-hybridized carbons (Fsp3) is 0.333. The van der Waals surface area contributed by atoms with E-state index in [2.05, 4.69) is 26.0 Å². The molecule has 0 unspecified atom stereocenters. The molecule has 70 valence electrons. The average Bonchev–Trinajstić information content (AvgIpc) is 2.62. The molecule has 1 aromatic heterocycles. The minimum atomic E-state index is 0.955. The molecule has 0 saturated carbocycles. The van der Waals surface area contributed by atoms with E-state index in [1.54, 1.807) is 0 Å². The first-order valence-corrected chi connectivity index (χ1v) is 4.65. The van der Waals surface area contributed by atoms with E-state index >= 15 is 0 Å². The third-order valence-electron chi connectivity index (χ3n) is 2.00. The van der Waals surface area contributed by atoms with Crippen molar-refractivity contribution in [1.29, 1.82) is 0 Å². The fourth-order valence-corrected chi connectivity index (χ4v) is 1.11. The van der Waals surface area contributed by atoms with Gasteiger partial charge >= 0.3 is 0 Å². The van der Waals surface area contributed by atoms with Gasteiger partial charge in [0.2, 0.25) is 0 Å². The second-order valence-electron chi connectivity index (χ2n) is 3.03.